The van der Waals surface area contributed by atoms with Crippen LogP contribution in [0.15, 0.2) is 12.3 Å². The Balaban J connectivity index is 2.41. The number of nitrogens with one attached hydrogen (secondary N) is 1. The molecule has 0 aliphatic carbocycles. The maximum Gasteiger partial charge on any atom is 0.180 e. The van der Waals surface area contributed by atoms with Crippen molar-refractivity contribution in [3.63, 3.8) is 0 Å². The van der Waals surface area contributed by atoms with Crippen LogP contribution in [0.5, 0.6) is 0 Å². The van der Waals surface area contributed by atoms with Crippen LogP contribution in [0.25, 0.3) is 11.5 Å². The first-order valence-electron chi connectivity index (χ1n) is 7.28. The Morgan fingerprint density at radius 2 is 1.95 bits per heavy atom. The first-order chi connectivity index (χ1) is 9.67. The Morgan fingerprint density at radius 1 is 1.15 bits per heavy atom. The van der Waals surface area contributed by atoms with Gasteiger partial charge in [0.1, 0.15) is 11.5 Å². The van der Waals surface area contributed by atoms with Gasteiger partial charge in [0.15, 0.2) is 5.82 Å². The summed E-state index contributed by atoms with van der Waals surface area (Å²) in [4.78, 5) is 9.29. The second kappa shape index (κ2) is 6.50. The van der Waals surface area contributed by atoms with Gasteiger partial charge < -0.3 is 5.32 Å². The van der Waals surface area contributed by atoms with E-state index in [2.05, 4.69) is 41.2 Å². The molecule has 2 rings (SSSR count). The zero-order valence-corrected chi connectivity index (χ0v) is 12.8. The highest BCUT2D eigenvalue weighted by molar-refractivity contribution is 5.56. The van der Waals surface area contributed by atoms with E-state index in [1.165, 1.54) is 0 Å². The lowest BCUT2D eigenvalue weighted by atomic mass is 10.2. The van der Waals surface area contributed by atoms with Crippen LogP contribution >= 0.6 is 0 Å². The highest BCUT2D eigenvalue weighted by Crippen LogP contribution is 2.21. The smallest absolute Gasteiger partial charge is 0.180 e. The molecule has 2 aromatic heterocycles. The van der Waals surface area contributed by atoms with Gasteiger partial charge in [-0.15, -0.1) is 0 Å². The fourth-order valence-corrected chi connectivity index (χ4v) is 2.07. The van der Waals surface area contributed by atoms with Gasteiger partial charge in [0.05, 0.1) is 0 Å². The molecule has 0 saturated heterocycles. The van der Waals surface area contributed by atoms with Crippen molar-refractivity contribution in [2.45, 2.75) is 47.1 Å². The maximum atomic E-state index is 4.67. The van der Waals surface area contributed by atoms with E-state index in [-0.39, 0.29) is 0 Å². The molecule has 5 nitrogen and oxygen atoms in total. The van der Waals surface area contributed by atoms with Gasteiger partial charge in [0.2, 0.25) is 0 Å². The van der Waals surface area contributed by atoms with Gasteiger partial charge in [-0.05, 0) is 32.8 Å². The molecule has 108 valence electrons. The molecule has 2 heterocycles. The SMILES string of the molecule is CCCNc1nc(-c2ccnn2CCC)nc(C)c1C. The summed E-state index contributed by atoms with van der Waals surface area (Å²) >= 11 is 0. The van der Waals surface area contributed by atoms with Crippen LogP contribution in [0.4, 0.5) is 5.82 Å². The predicted molar refractivity (Wildman–Crippen MR) is 81.8 cm³/mol. The molecule has 0 spiro atoms. The predicted octanol–water partition coefficient (Wildman–Crippen LogP) is 3.19. The van der Waals surface area contributed by atoms with E-state index in [1.54, 1.807) is 0 Å². The molecule has 0 aliphatic rings. The summed E-state index contributed by atoms with van der Waals surface area (Å²) in [5.74, 6) is 1.68. The van der Waals surface area contributed by atoms with Crippen molar-refractivity contribution in [1.82, 2.24) is 19.7 Å². The van der Waals surface area contributed by atoms with Crippen LogP contribution in [0.2, 0.25) is 0 Å². The lowest BCUT2D eigenvalue weighted by molar-refractivity contribution is 0.606. The molecular weight excluding hydrogens is 250 g/mol. The molecule has 0 atom stereocenters. The average molecular weight is 273 g/mol. The first-order valence-corrected chi connectivity index (χ1v) is 7.28. The van der Waals surface area contributed by atoms with Gasteiger partial charge >= 0.3 is 0 Å². The third-order valence-corrected chi connectivity index (χ3v) is 3.31. The number of hydrogen-bond donors (Lipinski definition) is 1. The zero-order valence-electron chi connectivity index (χ0n) is 12.8. The molecule has 0 saturated carbocycles. The molecule has 0 bridgehead atoms. The third kappa shape index (κ3) is 2.98. The number of rotatable bonds is 6. The van der Waals surface area contributed by atoms with Crippen LogP contribution < -0.4 is 5.32 Å². The monoisotopic (exact) mass is 273 g/mol. The van der Waals surface area contributed by atoms with Crippen molar-refractivity contribution in [1.29, 1.82) is 0 Å². The van der Waals surface area contributed by atoms with E-state index >= 15 is 0 Å². The van der Waals surface area contributed by atoms with E-state index in [4.69, 9.17) is 0 Å². The Morgan fingerprint density at radius 3 is 2.65 bits per heavy atom. The normalized spacial score (nSPS) is 10.8. The number of aromatic nitrogens is 4. The highest BCUT2D eigenvalue weighted by atomic mass is 15.3. The fraction of sp³-hybridized carbons (Fsp3) is 0.533. The van der Waals surface area contributed by atoms with Gasteiger partial charge in [-0.2, -0.15) is 5.10 Å². The summed E-state index contributed by atoms with van der Waals surface area (Å²) in [5, 5.41) is 7.72. The van der Waals surface area contributed by atoms with Crippen LogP contribution in [-0.4, -0.2) is 26.3 Å². The van der Waals surface area contributed by atoms with Crippen LogP contribution in [-0.2, 0) is 6.54 Å². The van der Waals surface area contributed by atoms with Crippen molar-refractivity contribution < 1.29 is 0 Å². The van der Waals surface area contributed by atoms with Crippen molar-refractivity contribution in [2.75, 3.05) is 11.9 Å². The van der Waals surface area contributed by atoms with Crippen LogP contribution in [0.1, 0.15) is 37.9 Å². The average Bonchev–Trinajstić information content (AvgIpc) is 2.89. The van der Waals surface area contributed by atoms with Crippen molar-refractivity contribution >= 4 is 5.82 Å². The Bertz CT molecular complexity index is 574. The molecule has 5 heteroatoms. The molecule has 20 heavy (non-hydrogen) atoms. The zero-order chi connectivity index (χ0) is 14.5. The summed E-state index contributed by atoms with van der Waals surface area (Å²) in [6.07, 6.45) is 3.93. The summed E-state index contributed by atoms with van der Waals surface area (Å²) in [5.41, 5.74) is 3.11. The maximum absolute atomic E-state index is 4.67. The Kier molecular flexibility index (Phi) is 4.71. The van der Waals surface area contributed by atoms with Crippen LogP contribution in [0, 0.1) is 13.8 Å². The van der Waals surface area contributed by atoms with E-state index < -0.39 is 0 Å². The number of nitrogens with zero attached hydrogens (tertiary/aromatic N) is 4. The standard InChI is InChI=1S/C15H23N5/c1-5-8-16-14-11(3)12(4)18-15(19-14)13-7-9-17-20(13)10-6-2/h7,9H,5-6,8,10H2,1-4H3,(H,16,18,19). The largest absolute Gasteiger partial charge is 0.370 e. The minimum Gasteiger partial charge on any atom is -0.370 e. The topological polar surface area (TPSA) is 55.6 Å². The van der Waals surface area contributed by atoms with Crippen molar-refractivity contribution in [3.05, 3.63) is 23.5 Å². The van der Waals surface area contributed by atoms with Gasteiger partial charge in [0.25, 0.3) is 0 Å². The van der Waals surface area contributed by atoms with Gasteiger partial charge in [0, 0.05) is 30.5 Å². The van der Waals surface area contributed by atoms with Gasteiger partial charge in [-0.1, -0.05) is 13.8 Å². The summed E-state index contributed by atoms with van der Waals surface area (Å²) in [6.45, 7) is 10.2. The van der Waals surface area contributed by atoms with E-state index in [0.717, 1.165) is 54.5 Å². The van der Waals surface area contributed by atoms with E-state index in [0.29, 0.717) is 0 Å². The van der Waals surface area contributed by atoms with Crippen molar-refractivity contribution in [2.24, 2.45) is 0 Å². The molecule has 0 aromatic carbocycles. The Labute approximate surface area is 120 Å². The molecule has 0 aliphatic heterocycles. The number of hydrogen-bond acceptors (Lipinski definition) is 4. The second-order valence-corrected chi connectivity index (χ2v) is 4.97. The lowest BCUT2D eigenvalue weighted by Gasteiger charge is -2.12. The summed E-state index contributed by atoms with van der Waals surface area (Å²) in [7, 11) is 0. The quantitative estimate of drug-likeness (QED) is 0.878. The number of anilines is 1. The lowest BCUT2D eigenvalue weighted by Crippen LogP contribution is -2.09. The molecule has 2 aromatic rings. The Hall–Kier alpha value is -1.91. The summed E-state index contributed by atoms with van der Waals surface area (Å²) in [6, 6.07) is 1.98. The molecule has 0 fully saturated rings. The molecule has 1 N–H and O–H groups in total. The highest BCUT2D eigenvalue weighted by Gasteiger charge is 2.12. The first kappa shape index (κ1) is 14.5. The van der Waals surface area contributed by atoms with Crippen LogP contribution in [0.3, 0.4) is 0 Å². The minimum absolute atomic E-state index is 0.748. The minimum atomic E-state index is 0.748. The molecule has 0 unspecified atom stereocenters. The van der Waals surface area contributed by atoms with Crippen molar-refractivity contribution in [3.8, 4) is 11.5 Å². The van der Waals surface area contributed by atoms with Gasteiger partial charge in [-0.3, -0.25) is 4.68 Å². The third-order valence-electron chi connectivity index (χ3n) is 3.31. The molecule has 0 amide bonds. The molecule has 0 radical (unpaired) electrons. The van der Waals surface area contributed by atoms with E-state index in [9.17, 15) is 0 Å². The second-order valence-electron chi connectivity index (χ2n) is 4.97. The summed E-state index contributed by atoms with van der Waals surface area (Å²) < 4.78 is 1.97. The van der Waals surface area contributed by atoms with Gasteiger partial charge in [-0.25, -0.2) is 9.97 Å². The molecular formula is C15H23N5. The number of aryl methyl sites for hydroxylation is 2. The fourth-order valence-electron chi connectivity index (χ4n) is 2.07. The van der Waals surface area contributed by atoms with E-state index in [1.807, 2.05) is 23.9 Å².